The summed E-state index contributed by atoms with van der Waals surface area (Å²) in [6, 6.07) is 5.34. The Balaban J connectivity index is 2.22. The maximum Gasteiger partial charge on any atom is 0.165 e. The zero-order valence-corrected chi connectivity index (χ0v) is 10.0. The Kier molecular flexibility index (Phi) is 3.36. The molecule has 1 aromatic carbocycles. The van der Waals surface area contributed by atoms with E-state index in [-0.39, 0.29) is 16.9 Å². The fourth-order valence-electron chi connectivity index (χ4n) is 2.12. The van der Waals surface area contributed by atoms with E-state index in [4.69, 9.17) is 17.3 Å². The van der Waals surface area contributed by atoms with E-state index in [1.807, 2.05) is 4.90 Å². The Labute approximate surface area is 100 Å². The summed E-state index contributed by atoms with van der Waals surface area (Å²) in [6.07, 6.45) is 0.896. The lowest BCUT2D eigenvalue weighted by Crippen LogP contribution is -2.46. The van der Waals surface area contributed by atoms with Gasteiger partial charge >= 0.3 is 0 Å². The minimum Gasteiger partial charge on any atom is -0.369 e. The molecule has 1 heterocycles. The molecule has 0 aromatic heterocycles. The second kappa shape index (κ2) is 4.60. The van der Waals surface area contributed by atoms with E-state index >= 15 is 0 Å². The van der Waals surface area contributed by atoms with Crippen molar-refractivity contribution >= 4 is 17.3 Å². The number of rotatable bonds is 1. The molecule has 0 aliphatic carbocycles. The lowest BCUT2D eigenvalue weighted by atomic mass is 9.94. The van der Waals surface area contributed by atoms with Crippen LogP contribution < -0.4 is 10.6 Å². The molecule has 1 aromatic rings. The minimum atomic E-state index is -0.327. The number of piperidine rings is 1. The Hall–Kier alpha value is -0.800. The van der Waals surface area contributed by atoms with E-state index in [1.54, 1.807) is 18.2 Å². The average Bonchev–Trinajstić information content (AvgIpc) is 2.26. The Morgan fingerprint density at radius 2 is 2.25 bits per heavy atom. The summed E-state index contributed by atoms with van der Waals surface area (Å²) in [7, 11) is 0. The van der Waals surface area contributed by atoms with Gasteiger partial charge in [-0.25, -0.2) is 4.39 Å². The molecular formula is C12H16ClFN2. The van der Waals surface area contributed by atoms with Crippen molar-refractivity contribution in [1.29, 1.82) is 0 Å². The van der Waals surface area contributed by atoms with Crippen molar-refractivity contribution in [2.45, 2.75) is 19.4 Å². The molecule has 2 rings (SSSR count). The number of nitrogens with two attached hydrogens (primary N) is 1. The van der Waals surface area contributed by atoms with Gasteiger partial charge in [-0.1, -0.05) is 24.6 Å². The number of hydrogen-bond donors (Lipinski definition) is 1. The monoisotopic (exact) mass is 242 g/mol. The molecule has 4 heteroatoms. The highest BCUT2D eigenvalue weighted by molar-refractivity contribution is 6.31. The summed E-state index contributed by atoms with van der Waals surface area (Å²) in [5.74, 6) is 0.0546. The maximum atomic E-state index is 13.8. The van der Waals surface area contributed by atoms with Crippen LogP contribution in [0.1, 0.15) is 13.3 Å². The third-order valence-electron chi connectivity index (χ3n) is 3.24. The first-order chi connectivity index (χ1) is 7.59. The van der Waals surface area contributed by atoms with Crippen LogP contribution in [0.25, 0.3) is 0 Å². The largest absolute Gasteiger partial charge is 0.369 e. The first kappa shape index (κ1) is 11.7. The first-order valence-electron chi connectivity index (χ1n) is 5.54. The van der Waals surface area contributed by atoms with Crippen molar-refractivity contribution in [3.8, 4) is 0 Å². The minimum absolute atomic E-state index is 0.181. The zero-order valence-electron chi connectivity index (χ0n) is 9.29. The van der Waals surface area contributed by atoms with Crippen molar-refractivity contribution in [2.75, 3.05) is 18.0 Å². The number of benzene rings is 1. The van der Waals surface area contributed by atoms with Crippen LogP contribution in [0.2, 0.25) is 5.02 Å². The third kappa shape index (κ3) is 2.15. The summed E-state index contributed by atoms with van der Waals surface area (Å²) >= 11 is 5.77. The van der Waals surface area contributed by atoms with Crippen molar-refractivity contribution < 1.29 is 4.39 Å². The molecule has 88 valence electrons. The molecule has 1 fully saturated rings. The SMILES string of the molecule is CC1CN(c2cccc(Cl)c2F)CCC1N. The third-order valence-corrected chi connectivity index (χ3v) is 3.54. The second-order valence-electron chi connectivity index (χ2n) is 4.45. The molecule has 1 aliphatic rings. The molecule has 2 unspecified atom stereocenters. The smallest absolute Gasteiger partial charge is 0.165 e. The zero-order chi connectivity index (χ0) is 11.7. The molecule has 2 nitrogen and oxygen atoms in total. The molecule has 16 heavy (non-hydrogen) atoms. The number of hydrogen-bond acceptors (Lipinski definition) is 2. The number of nitrogens with zero attached hydrogens (tertiary/aromatic N) is 1. The first-order valence-corrected chi connectivity index (χ1v) is 5.92. The van der Waals surface area contributed by atoms with Crippen LogP contribution >= 0.6 is 11.6 Å². The molecule has 2 N–H and O–H groups in total. The van der Waals surface area contributed by atoms with E-state index in [0.717, 1.165) is 19.5 Å². The average molecular weight is 243 g/mol. The second-order valence-corrected chi connectivity index (χ2v) is 4.86. The molecule has 1 aliphatic heterocycles. The highest BCUT2D eigenvalue weighted by atomic mass is 35.5. The maximum absolute atomic E-state index is 13.8. The Morgan fingerprint density at radius 3 is 2.94 bits per heavy atom. The number of halogens is 2. The van der Waals surface area contributed by atoms with Gasteiger partial charge in [0, 0.05) is 19.1 Å². The molecule has 0 bridgehead atoms. The van der Waals surface area contributed by atoms with Crippen LogP contribution in [0, 0.1) is 11.7 Å². The molecule has 1 saturated heterocycles. The molecule has 0 radical (unpaired) electrons. The van der Waals surface area contributed by atoms with Crippen LogP contribution in [0.5, 0.6) is 0 Å². The van der Waals surface area contributed by atoms with Crippen LogP contribution in [0.3, 0.4) is 0 Å². The molecule has 2 atom stereocenters. The van der Waals surface area contributed by atoms with E-state index in [1.165, 1.54) is 0 Å². The summed E-state index contributed by atoms with van der Waals surface area (Å²) in [6.45, 7) is 3.68. The number of anilines is 1. The van der Waals surface area contributed by atoms with Crippen molar-refractivity contribution in [3.05, 3.63) is 29.0 Å². The van der Waals surface area contributed by atoms with Gasteiger partial charge in [0.2, 0.25) is 0 Å². The predicted molar refractivity (Wildman–Crippen MR) is 65.4 cm³/mol. The van der Waals surface area contributed by atoms with Gasteiger partial charge in [0.25, 0.3) is 0 Å². The van der Waals surface area contributed by atoms with Gasteiger partial charge in [0.15, 0.2) is 5.82 Å². The quantitative estimate of drug-likeness (QED) is 0.821. The topological polar surface area (TPSA) is 29.3 Å². The van der Waals surface area contributed by atoms with Crippen LogP contribution in [-0.4, -0.2) is 19.1 Å². The van der Waals surface area contributed by atoms with Gasteiger partial charge < -0.3 is 10.6 Å². The van der Waals surface area contributed by atoms with Gasteiger partial charge in [-0.05, 0) is 24.5 Å². The molecule has 0 spiro atoms. The van der Waals surface area contributed by atoms with E-state index in [9.17, 15) is 4.39 Å². The molecule has 0 amide bonds. The van der Waals surface area contributed by atoms with E-state index in [2.05, 4.69) is 6.92 Å². The highest BCUT2D eigenvalue weighted by Gasteiger charge is 2.25. The molecule has 0 saturated carbocycles. The lowest BCUT2D eigenvalue weighted by molar-refractivity contribution is 0.380. The highest BCUT2D eigenvalue weighted by Crippen LogP contribution is 2.28. The fourth-order valence-corrected chi connectivity index (χ4v) is 2.29. The van der Waals surface area contributed by atoms with Crippen molar-refractivity contribution in [2.24, 2.45) is 11.7 Å². The van der Waals surface area contributed by atoms with Crippen LogP contribution in [0.4, 0.5) is 10.1 Å². The Bertz CT molecular complexity index is 383. The van der Waals surface area contributed by atoms with Crippen molar-refractivity contribution in [1.82, 2.24) is 0 Å². The van der Waals surface area contributed by atoms with Gasteiger partial charge in [0.05, 0.1) is 10.7 Å². The van der Waals surface area contributed by atoms with Gasteiger partial charge in [-0.15, -0.1) is 0 Å². The fraction of sp³-hybridized carbons (Fsp3) is 0.500. The lowest BCUT2D eigenvalue weighted by Gasteiger charge is -2.36. The van der Waals surface area contributed by atoms with Gasteiger partial charge in [-0.2, -0.15) is 0 Å². The summed E-state index contributed by atoms with van der Waals surface area (Å²) in [5, 5.41) is 0.181. The molecular weight excluding hydrogens is 227 g/mol. The van der Waals surface area contributed by atoms with Crippen molar-refractivity contribution in [3.63, 3.8) is 0 Å². The Morgan fingerprint density at radius 1 is 1.50 bits per heavy atom. The standard InChI is InChI=1S/C12H16ClFN2/c1-8-7-16(6-5-10(8)15)11-4-2-3-9(13)12(11)14/h2-4,8,10H,5-7,15H2,1H3. The van der Waals surface area contributed by atoms with E-state index < -0.39 is 0 Å². The summed E-state index contributed by atoms with van der Waals surface area (Å²) in [5.41, 5.74) is 6.53. The van der Waals surface area contributed by atoms with Crippen LogP contribution in [-0.2, 0) is 0 Å². The van der Waals surface area contributed by atoms with E-state index in [0.29, 0.717) is 11.6 Å². The van der Waals surface area contributed by atoms with Crippen LogP contribution in [0.15, 0.2) is 18.2 Å². The summed E-state index contributed by atoms with van der Waals surface area (Å²) in [4.78, 5) is 2.02. The van der Waals surface area contributed by atoms with Gasteiger partial charge in [0.1, 0.15) is 0 Å². The predicted octanol–water partition coefficient (Wildman–Crippen LogP) is 2.65. The summed E-state index contributed by atoms with van der Waals surface area (Å²) < 4.78 is 13.8. The van der Waals surface area contributed by atoms with Gasteiger partial charge in [-0.3, -0.25) is 0 Å². The normalized spacial score (nSPS) is 25.9.